The third kappa shape index (κ3) is 5.19. The third-order valence-electron chi connectivity index (χ3n) is 5.63. The van der Waals surface area contributed by atoms with Gasteiger partial charge in [0, 0.05) is 57.0 Å². The van der Waals surface area contributed by atoms with Crippen LogP contribution in [0.4, 0.5) is 0 Å². The summed E-state index contributed by atoms with van der Waals surface area (Å²) in [5.74, 6) is 0.866. The number of aryl methyl sites for hydroxylation is 1. The molecule has 0 radical (unpaired) electrons. The van der Waals surface area contributed by atoms with Crippen molar-refractivity contribution in [2.45, 2.75) is 37.1 Å². The fraction of sp³-hybridized carbons (Fsp3) is 0.524. The predicted octanol–water partition coefficient (Wildman–Crippen LogP) is 1.65. The van der Waals surface area contributed by atoms with Crippen molar-refractivity contribution in [3.8, 4) is 11.5 Å². The summed E-state index contributed by atoms with van der Waals surface area (Å²) in [6.45, 7) is 3.09. The summed E-state index contributed by atoms with van der Waals surface area (Å²) in [7, 11) is -3.65. The Morgan fingerprint density at radius 1 is 1.16 bits per heavy atom. The van der Waals surface area contributed by atoms with Gasteiger partial charge in [0.15, 0.2) is 11.5 Å². The van der Waals surface area contributed by atoms with E-state index in [0.29, 0.717) is 57.2 Å². The molecule has 2 aliphatic rings. The number of benzene rings is 1. The van der Waals surface area contributed by atoms with Crippen LogP contribution >= 0.6 is 0 Å². The maximum Gasteiger partial charge on any atom is 0.243 e. The van der Waals surface area contributed by atoms with Gasteiger partial charge >= 0.3 is 0 Å². The number of fused-ring (bicyclic) bond motifs is 1. The zero-order valence-electron chi connectivity index (χ0n) is 17.4. The molecule has 1 amide bonds. The maximum absolute atomic E-state index is 13.1. The number of sulfonamides is 1. The Balaban J connectivity index is 1.28. The van der Waals surface area contributed by atoms with Gasteiger partial charge in [-0.3, -0.25) is 4.79 Å². The van der Waals surface area contributed by atoms with Crippen LogP contribution < -0.4 is 14.8 Å². The zero-order chi connectivity index (χ0) is 21.7. The number of carbonyl (C=O) groups is 1. The molecule has 10 heteroatoms. The predicted molar refractivity (Wildman–Crippen MR) is 113 cm³/mol. The fourth-order valence-corrected chi connectivity index (χ4v) is 5.33. The average Bonchev–Trinajstić information content (AvgIpc) is 3.19. The van der Waals surface area contributed by atoms with E-state index in [-0.39, 0.29) is 16.7 Å². The van der Waals surface area contributed by atoms with Crippen molar-refractivity contribution < 1.29 is 22.7 Å². The first-order valence-electron chi connectivity index (χ1n) is 10.7. The highest BCUT2D eigenvalue weighted by Crippen LogP contribution is 2.33. The lowest BCUT2D eigenvalue weighted by Gasteiger charge is -2.30. The van der Waals surface area contributed by atoms with Crippen molar-refractivity contribution in [1.82, 2.24) is 19.2 Å². The molecule has 0 spiro atoms. The molecular weight excluding hydrogens is 420 g/mol. The minimum absolute atomic E-state index is 0.00161. The van der Waals surface area contributed by atoms with Crippen molar-refractivity contribution in [2.24, 2.45) is 5.92 Å². The number of imidazole rings is 1. The normalized spacial score (nSPS) is 17.8. The van der Waals surface area contributed by atoms with Gasteiger partial charge in [-0.05, 0) is 31.4 Å². The first kappa shape index (κ1) is 21.6. The Hall–Kier alpha value is -2.59. The van der Waals surface area contributed by atoms with E-state index in [2.05, 4.69) is 10.3 Å². The van der Waals surface area contributed by atoms with Crippen LogP contribution in [0.15, 0.2) is 41.8 Å². The van der Waals surface area contributed by atoms with Crippen LogP contribution in [0.3, 0.4) is 0 Å². The summed E-state index contributed by atoms with van der Waals surface area (Å²) in [6.07, 6.45) is 7.97. The van der Waals surface area contributed by atoms with Crippen LogP contribution in [-0.2, 0) is 21.4 Å². The summed E-state index contributed by atoms with van der Waals surface area (Å²) in [4.78, 5) is 16.6. The van der Waals surface area contributed by atoms with E-state index in [1.807, 2.05) is 10.8 Å². The van der Waals surface area contributed by atoms with Gasteiger partial charge in [-0.1, -0.05) is 0 Å². The second-order valence-electron chi connectivity index (χ2n) is 7.78. The number of carbonyl (C=O) groups excluding carboxylic acids is 1. The summed E-state index contributed by atoms with van der Waals surface area (Å²) in [6, 6.07) is 4.74. The molecule has 0 atom stereocenters. The molecule has 1 saturated heterocycles. The number of aromatic nitrogens is 2. The maximum atomic E-state index is 13.1. The molecule has 1 aromatic carbocycles. The minimum atomic E-state index is -3.65. The summed E-state index contributed by atoms with van der Waals surface area (Å²) < 4.78 is 40.8. The molecule has 1 N–H and O–H groups in total. The van der Waals surface area contributed by atoms with E-state index in [4.69, 9.17) is 9.47 Å². The SMILES string of the molecule is O=C(NCCCn1ccnc1)C1CCN(S(=O)(=O)c2ccc3c(c2)OCCCO3)CC1. The molecule has 0 saturated carbocycles. The van der Waals surface area contributed by atoms with Gasteiger partial charge in [-0.15, -0.1) is 0 Å². The summed E-state index contributed by atoms with van der Waals surface area (Å²) in [5, 5.41) is 2.97. The number of hydrogen-bond donors (Lipinski definition) is 1. The number of piperidine rings is 1. The molecule has 0 aliphatic carbocycles. The Bertz CT molecular complexity index is 985. The van der Waals surface area contributed by atoms with Gasteiger partial charge in [0.25, 0.3) is 0 Å². The lowest BCUT2D eigenvalue weighted by Crippen LogP contribution is -2.43. The van der Waals surface area contributed by atoms with Gasteiger partial charge < -0.3 is 19.4 Å². The molecule has 2 aliphatic heterocycles. The zero-order valence-corrected chi connectivity index (χ0v) is 18.2. The van der Waals surface area contributed by atoms with E-state index < -0.39 is 10.0 Å². The minimum Gasteiger partial charge on any atom is -0.490 e. The van der Waals surface area contributed by atoms with Gasteiger partial charge in [0.2, 0.25) is 15.9 Å². The molecular formula is C21H28N4O5S. The smallest absolute Gasteiger partial charge is 0.243 e. The van der Waals surface area contributed by atoms with Crippen LogP contribution in [0.25, 0.3) is 0 Å². The lowest BCUT2D eigenvalue weighted by atomic mass is 9.97. The van der Waals surface area contributed by atoms with E-state index >= 15 is 0 Å². The fourth-order valence-electron chi connectivity index (χ4n) is 3.85. The number of rotatable bonds is 7. The van der Waals surface area contributed by atoms with Crippen LogP contribution in [0.1, 0.15) is 25.7 Å². The van der Waals surface area contributed by atoms with E-state index in [1.54, 1.807) is 24.7 Å². The monoisotopic (exact) mass is 448 g/mol. The van der Waals surface area contributed by atoms with Gasteiger partial charge in [-0.2, -0.15) is 4.31 Å². The Morgan fingerprint density at radius 2 is 1.94 bits per heavy atom. The van der Waals surface area contributed by atoms with Crippen molar-refractivity contribution >= 4 is 15.9 Å². The van der Waals surface area contributed by atoms with Crippen molar-refractivity contribution in [3.05, 3.63) is 36.9 Å². The quantitative estimate of drug-likeness (QED) is 0.646. The second kappa shape index (κ2) is 9.69. The Morgan fingerprint density at radius 3 is 2.68 bits per heavy atom. The molecule has 0 bridgehead atoms. The van der Waals surface area contributed by atoms with E-state index in [9.17, 15) is 13.2 Å². The largest absolute Gasteiger partial charge is 0.490 e. The number of hydrogen-bond acceptors (Lipinski definition) is 6. The highest BCUT2D eigenvalue weighted by atomic mass is 32.2. The molecule has 2 aromatic rings. The van der Waals surface area contributed by atoms with Crippen molar-refractivity contribution in [1.29, 1.82) is 0 Å². The molecule has 1 fully saturated rings. The highest BCUT2D eigenvalue weighted by molar-refractivity contribution is 7.89. The first-order valence-corrected chi connectivity index (χ1v) is 12.1. The number of nitrogens with zero attached hydrogens (tertiary/aromatic N) is 3. The number of nitrogens with one attached hydrogen (secondary N) is 1. The summed E-state index contributed by atoms with van der Waals surface area (Å²) >= 11 is 0. The molecule has 1 aromatic heterocycles. The Labute approximate surface area is 182 Å². The molecule has 3 heterocycles. The molecule has 0 unspecified atom stereocenters. The molecule has 4 rings (SSSR count). The average molecular weight is 449 g/mol. The van der Waals surface area contributed by atoms with Gasteiger partial charge in [0.1, 0.15) is 0 Å². The number of amides is 1. The Kier molecular flexibility index (Phi) is 6.77. The van der Waals surface area contributed by atoms with Crippen LogP contribution in [0, 0.1) is 5.92 Å². The topological polar surface area (TPSA) is 103 Å². The third-order valence-corrected chi connectivity index (χ3v) is 7.53. The van der Waals surface area contributed by atoms with Crippen LogP contribution in [0.2, 0.25) is 0 Å². The van der Waals surface area contributed by atoms with E-state index in [1.165, 1.54) is 10.4 Å². The molecule has 31 heavy (non-hydrogen) atoms. The second-order valence-corrected chi connectivity index (χ2v) is 9.72. The standard InChI is InChI=1S/C21H28N4O5S/c26-21(23-7-1-9-24-12-8-22-16-24)17-5-10-25(11-6-17)31(27,28)18-3-4-19-20(15-18)30-14-2-13-29-19/h3-4,8,12,15-17H,1-2,5-7,9-11,13-14H2,(H,23,26). The number of ether oxygens (including phenoxy) is 2. The van der Waals surface area contributed by atoms with Crippen molar-refractivity contribution in [2.75, 3.05) is 32.8 Å². The van der Waals surface area contributed by atoms with E-state index in [0.717, 1.165) is 19.4 Å². The molecule has 168 valence electrons. The first-order chi connectivity index (χ1) is 15.0. The highest BCUT2D eigenvalue weighted by Gasteiger charge is 2.32. The molecule has 9 nitrogen and oxygen atoms in total. The summed E-state index contributed by atoms with van der Waals surface area (Å²) in [5.41, 5.74) is 0. The lowest BCUT2D eigenvalue weighted by molar-refractivity contribution is -0.126. The van der Waals surface area contributed by atoms with Crippen molar-refractivity contribution in [3.63, 3.8) is 0 Å². The van der Waals surface area contributed by atoms with Gasteiger partial charge in [-0.25, -0.2) is 13.4 Å². The van der Waals surface area contributed by atoms with Crippen LogP contribution in [-0.4, -0.2) is 61.0 Å². The van der Waals surface area contributed by atoms with Crippen LogP contribution in [0.5, 0.6) is 11.5 Å². The van der Waals surface area contributed by atoms with Gasteiger partial charge in [0.05, 0.1) is 24.4 Å².